The number of benzene rings is 1. The number of aromatic nitrogens is 5. The molecule has 0 amide bonds. The molecule has 0 fully saturated rings. The van der Waals surface area contributed by atoms with E-state index in [1.165, 1.54) is 0 Å². The monoisotopic (exact) mass is 320 g/mol. The summed E-state index contributed by atoms with van der Waals surface area (Å²) in [5.74, 6) is 1.55. The minimum Gasteiger partial charge on any atom is -0.361 e. The molecule has 1 aromatic carbocycles. The van der Waals surface area contributed by atoms with Crippen LogP contribution in [0, 0.1) is 6.92 Å². The molecule has 4 aromatic rings. The van der Waals surface area contributed by atoms with Crippen molar-refractivity contribution in [3.05, 3.63) is 60.5 Å². The highest BCUT2D eigenvalue weighted by Crippen LogP contribution is 2.24. The van der Waals surface area contributed by atoms with Crippen LogP contribution in [0.2, 0.25) is 0 Å². The highest BCUT2D eigenvalue weighted by atomic mass is 16.5. The van der Waals surface area contributed by atoms with E-state index in [9.17, 15) is 0 Å². The lowest BCUT2D eigenvalue weighted by Crippen LogP contribution is -2.18. The standard InChI is InChI=1S/C17H16N6O/c1-12-8-13(21-24-12)9-22(2)16-15-17(19-10-18-16)23(11-20-15)14-6-4-3-5-7-14/h3-8,10-11H,9H2,1-2H3. The Balaban J connectivity index is 1.73. The first-order chi connectivity index (χ1) is 11.7. The summed E-state index contributed by atoms with van der Waals surface area (Å²) < 4.78 is 7.07. The van der Waals surface area contributed by atoms with E-state index in [4.69, 9.17) is 4.52 Å². The lowest BCUT2D eigenvalue weighted by Gasteiger charge is -2.16. The van der Waals surface area contributed by atoms with Gasteiger partial charge in [-0.25, -0.2) is 15.0 Å². The molecule has 0 spiro atoms. The Labute approximate surface area is 138 Å². The van der Waals surface area contributed by atoms with Crippen molar-refractivity contribution in [1.82, 2.24) is 24.7 Å². The summed E-state index contributed by atoms with van der Waals surface area (Å²) in [6, 6.07) is 11.9. The summed E-state index contributed by atoms with van der Waals surface area (Å²) in [7, 11) is 1.95. The van der Waals surface area contributed by atoms with Crippen molar-refractivity contribution in [3.8, 4) is 5.69 Å². The second kappa shape index (κ2) is 5.77. The van der Waals surface area contributed by atoms with Crippen LogP contribution in [0.5, 0.6) is 0 Å². The van der Waals surface area contributed by atoms with Crippen LogP contribution in [0.25, 0.3) is 16.9 Å². The molecule has 0 atom stereocenters. The van der Waals surface area contributed by atoms with Gasteiger partial charge in [-0.3, -0.25) is 4.57 Å². The van der Waals surface area contributed by atoms with Crippen LogP contribution in [-0.4, -0.2) is 31.7 Å². The minimum absolute atomic E-state index is 0.585. The number of fused-ring (bicyclic) bond motifs is 1. The minimum atomic E-state index is 0.585. The quantitative estimate of drug-likeness (QED) is 0.576. The number of hydrogen-bond acceptors (Lipinski definition) is 6. The van der Waals surface area contributed by atoms with Crippen LogP contribution in [0.1, 0.15) is 11.5 Å². The fourth-order valence-corrected chi connectivity index (χ4v) is 2.69. The van der Waals surface area contributed by atoms with Crippen LogP contribution < -0.4 is 4.90 Å². The lowest BCUT2D eigenvalue weighted by molar-refractivity contribution is 0.390. The van der Waals surface area contributed by atoms with Gasteiger partial charge in [0.25, 0.3) is 0 Å². The van der Waals surface area contributed by atoms with E-state index in [2.05, 4.69) is 20.1 Å². The molecule has 0 bridgehead atoms. The van der Waals surface area contributed by atoms with Gasteiger partial charge in [-0.05, 0) is 19.1 Å². The predicted octanol–water partition coefficient (Wildman–Crippen LogP) is 2.75. The highest BCUT2D eigenvalue weighted by molar-refractivity contribution is 5.84. The molecule has 0 saturated carbocycles. The van der Waals surface area contributed by atoms with Crippen LogP contribution in [0.3, 0.4) is 0 Å². The Morgan fingerprint density at radius 3 is 2.71 bits per heavy atom. The Morgan fingerprint density at radius 2 is 1.96 bits per heavy atom. The van der Waals surface area contributed by atoms with Gasteiger partial charge in [0.05, 0.1) is 6.54 Å². The third-order valence-electron chi connectivity index (χ3n) is 3.79. The molecule has 0 unspecified atom stereocenters. The number of hydrogen-bond donors (Lipinski definition) is 0. The fourth-order valence-electron chi connectivity index (χ4n) is 2.69. The predicted molar refractivity (Wildman–Crippen MR) is 90.0 cm³/mol. The Morgan fingerprint density at radius 1 is 1.12 bits per heavy atom. The SMILES string of the molecule is Cc1cc(CN(C)c2ncnc3c2ncn3-c2ccccc2)no1. The zero-order chi connectivity index (χ0) is 16.5. The summed E-state index contributed by atoms with van der Waals surface area (Å²) in [5.41, 5.74) is 3.39. The molecule has 0 saturated heterocycles. The molecule has 4 rings (SSSR count). The maximum absolute atomic E-state index is 5.12. The maximum Gasteiger partial charge on any atom is 0.170 e. The summed E-state index contributed by atoms with van der Waals surface area (Å²) in [5, 5.41) is 4.03. The van der Waals surface area contributed by atoms with E-state index in [1.807, 2.05) is 59.8 Å². The fraction of sp³-hybridized carbons (Fsp3) is 0.176. The zero-order valence-corrected chi connectivity index (χ0v) is 13.4. The van der Waals surface area contributed by atoms with Gasteiger partial charge >= 0.3 is 0 Å². The van der Waals surface area contributed by atoms with Gasteiger partial charge in [-0.15, -0.1) is 0 Å². The molecule has 24 heavy (non-hydrogen) atoms. The summed E-state index contributed by atoms with van der Waals surface area (Å²) in [4.78, 5) is 15.3. The first-order valence-electron chi connectivity index (χ1n) is 7.59. The van der Waals surface area contributed by atoms with Crippen LogP contribution >= 0.6 is 0 Å². The molecule has 3 aromatic heterocycles. The Hall–Kier alpha value is -3.22. The van der Waals surface area contributed by atoms with Crippen LogP contribution in [-0.2, 0) is 6.54 Å². The molecular formula is C17H16N6O. The van der Waals surface area contributed by atoms with Crippen molar-refractivity contribution in [3.63, 3.8) is 0 Å². The van der Waals surface area contributed by atoms with Gasteiger partial charge in [-0.1, -0.05) is 23.4 Å². The molecule has 3 heterocycles. The molecular weight excluding hydrogens is 304 g/mol. The highest BCUT2D eigenvalue weighted by Gasteiger charge is 2.15. The van der Waals surface area contributed by atoms with Crippen LogP contribution in [0.15, 0.2) is 53.6 Å². The summed E-state index contributed by atoms with van der Waals surface area (Å²) >= 11 is 0. The van der Waals surface area contributed by atoms with E-state index < -0.39 is 0 Å². The van der Waals surface area contributed by atoms with Crippen molar-refractivity contribution in [2.24, 2.45) is 0 Å². The number of para-hydroxylation sites is 1. The van der Waals surface area contributed by atoms with E-state index in [1.54, 1.807) is 12.7 Å². The Bertz CT molecular complexity index is 975. The first kappa shape index (κ1) is 14.4. The van der Waals surface area contributed by atoms with Crippen molar-refractivity contribution >= 4 is 17.0 Å². The van der Waals surface area contributed by atoms with Gasteiger partial charge in [0.1, 0.15) is 24.1 Å². The van der Waals surface area contributed by atoms with Gasteiger partial charge in [0.15, 0.2) is 17.0 Å². The lowest BCUT2D eigenvalue weighted by atomic mass is 10.3. The third kappa shape index (κ3) is 2.50. The van der Waals surface area contributed by atoms with Crippen molar-refractivity contribution in [1.29, 1.82) is 0 Å². The van der Waals surface area contributed by atoms with Crippen LogP contribution in [0.4, 0.5) is 5.82 Å². The van der Waals surface area contributed by atoms with Gasteiger partial charge in [-0.2, -0.15) is 0 Å². The van der Waals surface area contributed by atoms with Gasteiger partial charge in [0, 0.05) is 18.8 Å². The smallest absolute Gasteiger partial charge is 0.170 e. The molecule has 0 radical (unpaired) electrons. The topological polar surface area (TPSA) is 72.9 Å². The second-order valence-corrected chi connectivity index (χ2v) is 5.60. The van der Waals surface area contributed by atoms with Crippen molar-refractivity contribution in [2.45, 2.75) is 13.5 Å². The maximum atomic E-state index is 5.12. The molecule has 7 nitrogen and oxygen atoms in total. The first-order valence-corrected chi connectivity index (χ1v) is 7.59. The van der Waals surface area contributed by atoms with Gasteiger partial charge in [0.2, 0.25) is 0 Å². The number of aryl methyl sites for hydroxylation is 1. The molecule has 120 valence electrons. The number of nitrogens with zero attached hydrogens (tertiary/aromatic N) is 6. The molecule has 0 aliphatic heterocycles. The molecule has 0 N–H and O–H groups in total. The van der Waals surface area contributed by atoms with E-state index >= 15 is 0 Å². The molecule has 7 heteroatoms. The average Bonchev–Trinajstić information content (AvgIpc) is 3.21. The third-order valence-corrected chi connectivity index (χ3v) is 3.79. The van der Waals surface area contributed by atoms with Gasteiger partial charge < -0.3 is 9.42 Å². The Kier molecular flexibility index (Phi) is 3.45. The van der Waals surface area contributed by atoms with E-state index in [-0.39, 0.29) is 0 Å². The summed E-state index contributed by atoms with van der Waals surface area (Å²) in [6.45, 7) is 2.46. The zero-order valence-electron chi connectivity index (χ0n) is 13.4. The molecule has 0 aliphatic carbocycles. The number of imidazole rings is 1. The van der Waals surface area contributed by atoms with E-state index in [0.29, 0.717) is 6.54 Å². The van der Waals surface area contributed by atoms with E-state index in [0.717, 1.165) is 34.1 Å². The average molecular weight is 320 g/mol. The largest absolute Gasteiger partial charge is 0.361 e. The number of anilines is 1. The normalized spacial score (nSPS) is 11.1. The molecule has 0 aliphatic rings. The second-order valence-electron chi connectivity index (χ2n) is 5.60. The number of rotatable bonds is 4. The van der Waals surface area contributed by atoms with Crippen molar-refractivity contribution in [2.75, 3.05) is 11.9 Å². The summed E-state index contributed by atoms with van der Waals surface area (Å²) in [6.07, 6.45) is 3.33. The van der Waals surface area contributed by atoms with Crippen molar-refractivity contribution < 1.29 is 4.52 Å².